The van der Waals surface area contributed by atoms with E-state index < -0.39 is 0 Å². The smallest absolute Gasteiger partial charge is 0.223 e. The van der Waals surface area contributed by atoms with E-state index in [9.17, 15) is 4.79 Å². The second-order valence-corrected chi connectivity index (χ2v) is 7.87. The molecular weight excluding hydrogens is 348 g/mol. The lowest BCUT2D eigenvalue weighted by Crippen LogP contribution is -2.49. The van der Waals surface area contributed by atoms with Crippen molar-refractivity contribution in [1.82, 2.24) is 9.80 Å². The summed E-state index contributed by atoms with van der Waals surface area (Å²) in [6, 6.07) is 17.4. The number of aryl methyl sites for hydroxylation is 2. The Hall–Kier alpha value is -2.17. The fraction of sp³-hybridized carbons (Fsp3) is 0.458. The summed E-state index contributed by atoms with van der Waals surface area (Å²) in [7, 11) is 1.74. The molecular formula is C24H30N2O2. The number of piperazine rings is 1. The molecule has 28 heavy (non-hydrogen) atoms. The predicted molar refractivity (Wildman–Crippen MR) is 112 cm³/mol. The van der Waals surface area contributed by atoms with Crippen LogP contribution in [0.5, 0.6) is 0 Å². The molecule has 0 unspecified atom stereocenters. The lowest BCUT2D eigenvalue weighted by Gasteiger charge is -2.35. The van der Waals surface area contributed by atoms with Gasteiger partial charge in [0.15, 0.2) is 0 Å². The number of nitrogens with zero attached hydrogens (tertiary/aromatic N) is 2. The number of carbonyl (C=O) groups is 1. The van der Waals surface area contributed by atoms with Crippen molar-refractivity contribution in [3.8, 4) is 0 Å². The lowest BCUT2D eigenvalue weighted by molar-refractivity contribution is -0.133. The van der Waals surface area contributed by atoms with E-state index in [0.29, 0.717) is 6.42 Å². The molecule has 148 valence electrons. The van der Waals surface area contributed by atoms with E-state index in [4.69, 9.17) is 4.74 Å². The summed E-state index contributed by atoms with van der Waals surface area (Å²) in [6.07, 6.45) is 2.66. The Balaban J connectivity index is 1.51. The van der Waals surface area contributed by atoms with E-state index in [-0.39, 0.29) is 11.8 Å². The van der Waals surface area contributed by atoms with Crippen LogP contribution in [-0.2, 0) is 22.4 Å². The minimum Gasteiger partial charge on any atom is -0.383 e. The molecule has 0 aromatic heterocycles. The normalized spacial score (nSPS) is 17.7. The van der Waals surface area contributed by atoms with Crippen molar-refractivity contribution in [3.63, 3.8) is 0 Å². The minimum atomic E-state index is 0.161. The fourth-order valence-corrected chi connectivity index (χ4v) is 4.61. The molecule has 1 fully saturated rings. The number of ether oxygens (including phenoxy) is 1. The first-order valence-electron chi connectivity index (χ1n) is 10.4. The predicted octanol–water partition coefficient (Wildman–Crippen LogP) is 3.10. The third kappa shape index (κ3) is 4.13. The maximum atomic E-state index is 13.2. The highest BCUT2D eigenvalue weighted by Gasteiger charge is 2.28. The highest BCUT2D eigenvalue weighted by Crippen LogP contribution is 2.36. The van der Waals surface area contributed by atoms with Crippen LogP contribution in [0, 0.1) is 0 Å². The van der Waals surface area contributed by atoms with E-state index in [0.717, 1.165) is 52.2 Å². The van der Waals surface area contributed by atoms with Gasteiger partial charge in [0, 0.05) is 52.2 Å². The van der Waals surface area contributed by atoms with Gasteiger partial charge in [0.1, 0.15) is 0 Å². The van der Waals surface area contributed by atoms with E-state index >= 15 is 0 Å². The van der Waals surface area contributed by atoms with Gasteiger partial charge in [-0.25, -0.2) is 0 Å². The zero-order valence-electron chi connectivity index (χ0n) is 16.8. The van der Waals surface area contributed by atoms with Gasteiger partial charge in [-0.3, -0.25) is 9.69 Å². The van der Waals surface area contributed by atoms with E-state index in [2.05, 4.69) is 58.3 Å². The molecule has 0 radical (unpaired) electrons. The summed E-state index contributed by atoms with van der Waals surface area (Å²) >= 11 is 0. The molecule has 0 spiro atoms. The van der Waals surface area contributed by atoms with Crippen LogP contribution in [0.25, 0.3) is 0 Å². The van der Waals surface area contributed by atoms with Crippen molar-refractivity contribution >= 4 is 5.91 Å². The van der Waals surface area contributed by atoms with Crippen LogP contribution in [-0.4, -0.2) is 62.1 Å². The summed E-state index contributed by atoms with van der Waals surface area (Å²) in [5.41, 5.74) is 5.45. The van der Waals surface area contributed by atoms with Crippen LogP contribution in [0.15, 0.2) is 48.5 Å². The van der Waals surface area contributed by atoms with Crippen LogP contribution in [0.2, 0.25) is 0 Å². The standard InChI is InChI=1S/C24H30N2O2/c1-28-17-16-25-12-14-26(15-13-25)24(27)18-23-21-8-4-2-6-19(21)10-11-20-7-3-5-9-22(20)23/h2-9,23H,10-18H2,1H3. The minimum absolute atomic E-state index is 0.161. The second kappa shape index (κ2) is 8.89. The number of carbonyl (C=O) groups excluding carboxylic acids is 1. The highest BCUT2D eigenvalue weighted by atomic mass is 16.5. The summed E-state index contributed by atoms with van der Waals surface area (Å²) in [5, 5.41) is 0. The Morgan fingerprint density at radius 2 is 1.50 bits per heavy atom. The maximum Gasteiger partial charge on any atom is 0.223 e. The molecule has 0 atom stereocenters. The fourth-order valence-electron chi connectivity index (χ4n) is 4.61. The van der Waals surface area contributed by atoms with E-state index in [1.54, 1.807) is 7.11 Å². The molecule has 0 bridgehead atoms. The lowest BCUT2D eigenvalue weighted by atomic mass is 9.85. The molecule has 1 amide bonds. The zero-order valence-corrected chi connectivity index (χ0v) is 16.8. The van der Waals surface area contributed by atoms with Crippen LogP contribution >= 0.6 is 0 Å². The molecule has 1 saturated heterocycles. The molecule has 2 aromatic carbocycles. The van der Waals surface area contributed by atoms with Crippen molar-refractivity contribution in [2.24, 2.45) is 0 Å². The van der Waals surface area contributed by atoms with Gasteiger partial charge in [0.2, 0.25) is 5.91 Å². The number of methoxy groups -OCH3 is 1. The third-order valence-electron chi connectivity index (χ3n) is 6.24. The average Bonchev–Trinajstić information content (AvgIpc) is 2.90. The Kier molecular flexibility index (Phi) is 6.08. The molecule has 4 heteroatoms. The SMILES string of the molecule is COCCN1CCN(C(=O)CC2c3ccccc3CCc3ccccc32)CC1. The van der Waals surface area contributed by atoms with Crippen molar-refractivity contribution < 1.29 is 9.53 Å². The van der Waals surface area contributed by atoms with Crippen LogP contribution in [0.3, 0.4) is 0 Å². The molecule has 2 aliphatic rings. The first-order valence-corrected chi connectivity index (χ1v) is 10.4. The van der Waals surface area contributed by atoms with Crippen molar-refractivity contribution in [2.45, 2.75) is 25.2 Å². The number of amides is 1. The first-order chi connectivity index (χ1) is 13.8. The largest absolute Gasteiger partial charge is 0.383 e. The van der Waals surface area contributed by atoms with Gasteiger partial charge >= 0.3 is 0 Å². The van der Waals surface area contributed by atoms with Crippen LogP contribution in [0.1, 0.15) is 34.6 Å². The Labute approximate surface area is 168 Å². The summed E-state index contributed by atoms with van der Waals surface area (Å²) in [6.45, 7) is 5.21. The monoisotopic (exact) mass is 378 g/mol. The van der Waals surface area contributed by atoms with Gasteiger partial charge in [-0.15, -0.1) is 0 Å². The van der Waals surface area contributed by atoms with Crippen molar-refractivity contribution in [1.29, 1.82) is 0 Å². The zero-order chi connectivity index (χ0) is 19.3. The summed E-state index contributed by atoms with van der Waals surface area (Å²) in [5.74, 6) is 0.441. The van der Waals surface area contributed by atoms with E-state index in [1.807, 2.05) is 0 Å². The molecule has 1 heterocycles. The molecule has 2 aromatic rings. The quantitative estimate of drug-likeness (QED) is 0.802. The summed E-state index contributed by atoms with van der Waals surface area (Å²) < 4.78 is 5.18. The second-order valence-electron chi connectivity index (χ2n) is 7.87. The van der Waals surface area contributed by atoms with Gasteiger partial charge in [0.05, 0.1) is 6.61 Å². The number of hydrogen-bond acceptors (Lipinski definition) is 3. The van der Waals surface area contributed by atoms with Crippen molar-refractivity contribution in [2.75, 3.05) is 46.4 Å². The first kappa shape index (κ1) is 19.2. The molecule has 4 nitrogen and oxygen atoms in total. The van der Waals surface area contributed by atoms with Crippen molar-refractivity contribution in [3.05, 3.63) is 70.8 Å². The Morgan fingerprint density at radius 1 is 0.929 bits per heavy atom. The molecule has 4 rings (SSSR count). The maximum absolute atomic E-state index is 13.2. The third-order valence-corrected chi connectivity index (χ3v) is 6.24. The van der Waals surface area contributed by atoms with Gasteiger partial charge < -0.3 is 9.64 Å². The Bertz CT molecular complexity index is 764. The Morgan fingerprint density at radius 3 is 2.07 bits per heavy atom. The van der Waals surface area contributed by atoms with Crippen LogP contribution < -0.4 is 0 Å². The number of hydrogen-bond donors (Lipinski definition) is 0. The molecule has 0 N–H and O–H groups in total. The van der Waals surface area contributed by atoms with Gasteiger partial charge in [-0.05, 0) is 35.1 Å². The van der Waals surface area contributed by atoms with Crippen LogP contribution in [0.4, 0.5) is 0 Å². The van der Waals surface area contributed by atoms with Gasteiger partial charge in [-0.1, -0.05) is 48.5 Å². The topological polar surface area (TPSA) is 32.8 Å². The summed E-state index contributed by atoms with van der Waals surface area (Å²) in [4.78, 5) is 17.6. The number of fused-ring (bicyclic) bond motifs is 2. The van der Waals surface area contributed by atoms with E-state index in [1.165, 1.54) is 22.3 Å². The highest BCUT2D eigenvalue weighted by molar-refractivity contribution is 5.78. The number of rotatable bonds is 5. The molecule has 0 saturated carbocycles. The van der Waals surface area contributed by atoms with Gasteiger partial charge in [0.25, 0.3) is 0 Å². The number of benzene rings is 2. The molecule has 1 aliphatic heterocycles. The van der Waals surface area contributed by atoms with Gasteiger partial charge in [-0.2, -0.15) is 0 Å². The average molecular weight is 379 g/mol. The molecule has 1 aliphatic carbocycles.